The van der Waals surface area contributed by atoms with Crippen LogP contribution in [0.3, 0.4) is 0 Å². The fraction of sp³-hybridized carbons (Fsp3) is 0.217. The second-order valence-corrected chi connectivity index (χ2v) is 7.98. The minimum Gasteiger partial charge on any atom is -0.496 e. The number of fused-ring (bicyclic) bond motifs is 3. The van der Waals surface area contributed by atoms with Gasteiger partial charge in [-0.25, -0.2) is 0 Å². The highest BCUT2D eigenvalue weighted by molar-refractivity contribution is 7.99. The van der Waals surface area contributed by atoms with Gasteiger partial charge >= 0.3 is 0 Å². The third-order valence-electron chi connectivity index (χ3n) is 5.03. The Morgan fingerprint density at radius 3 is 2.78 bits per heavy atom. The molecule has 0 saturated carbocycles. The van der Waals surface area contributed by atoms with E-state index in [9.17, 15) is 9.59 Å². The number of carbonyl (C=O) groups excluding carboxylic acids is 1. The van der Waals surface area contributed by atoms with E-state index in [4.69, 9.17) is 4.74 Å². The molecule has 164 valence electrons. The van der Waals surface area contributed by atoms with Gasteiger partial charge in [-0.3, -0.25) is 18.6 Å². The topological polar surface area (TPSA) is 90.5 Å². The first-order valence-corrected chi connectivity index (χ1v) is 11.1. The molecular formula is C23H23N5O3S. The molecule has 0 bridgehead atoms. The Kier molecular flexibility index (Phi) is 6.55. The molecule has 0 aliphatic carbocycles. The molecule has 1 N–H and O–H groups in total. The van der Waals surface area contributed by atoms with Gasteiger partial charge in [0.25, 0.3) is 5.56 Å². The summed E-state index contributed by atoms with van der Waals surface area (Å²) in [5, 5.41) is 12.5. The van der Waals surface area contributed by atoms with E-state index in [2.05, 4.69) is 22.1 Å². The molecule has 4 aromatic rings. The molecular weight excluding hydrogens is 426 g/mol. The first-order valence-electron chi connectivity index (χ1n) is 10.1. The van der Waals surface area contributed by atoms with Crippen LogP contribution in [0.1, 0.15) is 5.56 Å². The van der Waals surface area contributed by atoms with E-state index in [1.54, 1.807) is 19.3 Å². The maximum atomic E-state index is 12.8. The number of benzene rings is 2. The van der Waals surface area contributed by atoms with Crippen molar-refractivity contribution in [1.29, 1.82) is 0 Å². The zero-order chi connectivity index (χ0) is 22.5. The first-order chi connectivity index (χ1) is 15.6. The van der Waals surface area contributed by atoms with Crippen molar-refractivity contribution in [1.82, 2.24) is 24.5 Å². The summed E-state index contributed by atoms with van der Waals surface area (Å²) in [6, 6.07) is 15.0. The number of hydrogen-bond donors (Lipinski definition) is 1. The highest BCUT2D eigenvalue weighted by atomic mass is 32.2. The van der Waals surface area contributed by atoms with Crippen molar-refractivity contribution in [3.05, 3.63) is 77.1 Å². The number of rotatable bonds is 9. The number of carbonyl (C=O) groups is 1. The van der Waals surface area contributed by atoms with Gasteiger partial charge in [-0.1, -0.05) is 48.2 Å². The highest BCUT2D eigenvalue weighted by Crippen LogP contribution is 2.21. The Balaban J connectivity index is 1.49. The molecule has 2 heterocycles. The van der Waals surface area contributed by atoms with Gasteiger partial charge in [0, 0.05) is 13.1 Å². The van der Waals surface area contributed by atoms with E-state index >= 15 is 0 Å². The molecule has 0 fully saturated rings. The zero-order valence-electron chi connectivity index (χ0n) is 17.7. The van der Waals surface area contributed by atoms with Gasteiger partial charge in [0.15, 0.2) is 5.16 Å². The molecule has 0 aliphatic heterocycles. The lowest BCUT2D eigenvalue weighted by Crippen LogP contribution is -2.27. The van der Waals surface area contributed by atoms with Crippen LogP contribution in [0.15, 0.2) is 71.1 Å². The van der Waals surface area contributed by atoms with Crippen molar-refractivity contribution in [2.45, 2.75) is 18.1 Å². The van der Waals surface area contributed by atoms with Crippen LogP contribution in [-0.4, -0.2) is 44.5 Å². The minimum absolute atomic E-state index is 0.106. The smallest absolute Gasteiger partial charge is 0.263 e. The van der Waals surface area contributed by atoms with Gasteiger partial charge in [-0.05, 0) is 30.2 Å². The molecule has 8 nitrogen and oxygen atoms in total. The van der Waals surface area contributed by atoms with E-state index in [1.165, 1.54) is 16.3 Å². The molecule has 0 aliphatic rings. The number of thioether (sulfide) groups is 1. The average molecular weight is 450 g/mol. The Morgan fingerprint density at radius 1 is 1.19 bits per heavy atom. The van der Waals surface area contributed by atoms with Crippen molar-refractivity contribution in [2.75, 3.05) is 19.4 Å². The van der Waals surface area contributed by atoms with E-state index < -0.39 is 0 Å². The quantitative estimate of drug-likeness (QED) is 0.312. The van der Waals surface area contributed by atoms with E-state index in [0.29, 0.717) is 41.3 Å². The third kappa shape index (κ3) is 4.24. The third-order valence-corrected chi connectivity index (χ3v) is 5.96. The minimum atomic E-state index is -0.147. The molecule has 0 saturated heterocycles. The molecule has 9 heteroatoms. The summed E-state index contributed by atoms with van der Waals surface area (Å²) >= 11 is 1.28. The van der Waals surface area contributed by atoms with Crippen molar-refractivity contribution >= 4 is 34.3 Å². The van der Waals surface area contributed by atoms with Crippen LogP contribution in [0.4, 0.5) is 0 Å². The molecule has 0 radical (unpaired) electrons. The standard InChI is InChI=1S/C23H23N5O3S/c1-3-14-27-21(30)17-9-5-6-10-18(17)28-22(27)25-26-23(28)32-15-20(29)24-13-12-16-8-4-7-11-19(16)31-2/h3-11H,1,12-15H2,2H3,(H,24,29). The summed E-state index contributed by atoms with van der Waals surface area (Å²) in [4.78, 5) is 25.3. The number of hydrogen-bond acceptors (Lipinski definition) is 6. The largest absolute Gasteiger partial charge is 0.496 e. The SMILES string of the molecule is C=CCn1c(=O)c2ccccc2n2c(SCC(=O)NCCc3ccccc3OC)nnc12. The Morgan fingerprint density at radius 2 is 1.97 bits per heavy atom. The summed E-state index contributed by atoms with van der Waals surface area (Å²) in [5.41, 5.74) is 1.60. The molecule has 2 aromatic carbocycles. The molecule has 0 unspecified atom stereocenters. The summed E-state index contributed by atoms with van der Waals surface area (Å²) < 4.78 is 8.69. The van der Waals surface area contributed by atoms with Crippen LogP contribution in [0.2, 0.25) is 0 Å². The van der Waals surface area contributed by atoms with Gasteiger partial charge in [-0.2, -0.15) is 0 Å². The van der Waals surface area contributed by atoms with Gasteiger partial charge in [0.2, 0.25) is 11.7 Å². The van der Waals surface area contributed by atoms with Gasteiger partial charge in [0.05, 0.1) is 23.8 Å². The number of aromatic nitrogens is 4. The molecule has 0 atom stereocenters. The molecule has 32 heavy (non-hydrogen) atoms. The molecule has 4 rings (SSSR count). The van der Waals surface area contributed by atoms with Crippen LogP contribution in [0.25, 0.3) is 16.7 Å². The van der Waals surface area contributed by atoms with E-state index in [0.717, 1.165) is 11.3 Å². The number of amides is 1. The van der Waals surface area contributed by atoms with Crippen molar-refractivity contribution in [2.24, 2.45) is 0 Å². The number of methoxy groups -OCH3 is 1. The lowest BCUT2D eigenvalue weighted by atomic mass is 10.1. The number of nitrogens with one attached hydrogen (secondary N) is 1. The van der Waals surface area contributed by atoms with Crippen molar-refractivity contribution < 1.29 is 9.53 Å². The second kappa shape index (κ2) is 9.69. The first kappa shape index (κ1) is 21.6. The molecule has 0 spiro atoms. The maximum Gasteiger partial charge on any atom is 0.263 e. The van der Waals surface area contributed by atoms with Crippen LogP contribution in [0, 0.1) is 0 Å². The number of para-hydroxylation sites is 2. The van der Waals surface area contributed by atoms with Gasteiger partial charge in [-0.15, -0.1) is 16.8 Å². The van der Waals surface area contributed by atoms with Crippen LogP contribution in [0.5, 0.6) is 5.75 Å². The fourth-order valence-corrected chi connectivity index (χ4v) is 4.32. The average Bonchev–Trinajstić information content (AvgIpc) is 3.25. The summed E-state index contributed by atoms with van der Waals surface area (Å²) in [5.74, 6) is 1.31. The molecule has 2 aromatic heterocycles. The molecule has 1 amide bonds. The van der Waals surface area contributed by atoms with Crippen LogP contribution >= 0.6 is 11.8 Å². The lowest BCUT2D eigenvalue weighted by molar-refractivity contribution is -0.118. The second-order valence-electron chi connectivity index (χ2n) is 7.04. The van der Waals surface area contributed by atoms with Crippen LogP contribution < -0.4 is 15.6 Å². The Bertz CT molecular complexity index is 1340. The fourth-order valence-electron chi connectivity index (χ4n) is 3.55. The zero-order valence-corrected chi connectivity index (χ0v) is 18.5. The van der Waals surface area contributed by atoms with Crippen molar-refractivity contribution in [3.8, 4) is 5.75 Å². The predicted octanol–water partition coefficient (Wildman–Crippen LogP) is 2.69. The predicted molar refractivity (Wildman–Crippen MR) is 125 cm³/mol. The highest BCUT2D eigenvalue weighted by Gasteiger charge is 2.17. The Labute approximate surface area is 188 Å². The number of nitrogens with zero attached hydrogens (tertiary/aromatic N) is 4. The van der Waals surface area contributed by atoms with Crippen molar-refractivity contribution in [3.63, 3.8) is 0 Å². The number of allylic oxidation sites excluding steroid dienone is 1. The summed E-state index contributed by atoms with van der Waals surface area (Å²) in [7, 11) is 1.63. The monoisotopic (exact) mass is 449 g/mol. The normalized spacial score (nSPS) is 11.0. The van der Waals surface area contributed by atoms with Gasteiger partial charge in [0.1, 0.15) is 5.75 Å². The van der Waals surface area contributed by atoms with E-state index in [1.807, 2.05) is 46.9 Å². The van der Waals surface area contributed by atoms with Crippen LogP contribution in [-0.2, 0) is 17.8 Å². The number of ether oxygens (including phenoxy) is 1. The maximum absolute atomic E-state index is 12.8. The summed E-state index contributed by atoms with van der Waals surface area (Å²) in [6.45, 7) is 4.55. The lowest BCUT2D eigenvalue weighted by Gasteiger charge is -2.10. The van der Waals surface area contributed by atoms with Gasteiger partial charge < -0.3 is 10.1 Å². The Hall–Kier alpha value is -3.59. The van der Waals surface area contributed by atoms with E-state index in [-0.39, 0.29) is 17.2 Å². The summed E-state index contributed by atoms with van der Waals surface area (Å²) in [6.07, 6.45) is 2.32.